The van der Waals surface area contributed by atoms with Crippen molar-refractivity contribution in [3.8, 4) is 0 Å². The second-order valence-electron chi connectivity index (χ2n) is 4.75. The first-order chi connectivity index (χ1) is 9.24. The summed E-state index contributed by atoms with van der Waals surface area (Å²) >= 11 is 0. The predicted molar refractivity (Wildman–Crippen MR) is 74.6 cm³/mol. The number of anilines is 2. The molecule has 1 aromatic heterocycles. The molecular weight excluding hydrogens is 244 g/mol. The molecule has 6 nitrogen and oxygen atoms in total. The summed E-state index contributed by atoms with van der Waals surface area (Å²) in [6.45, 7) is 4.36. The molecule has 6 heteroatoms. The highest BCUT2D eigenvalue weighted by molar-refractivity contribution is 5.50. The van der Waals surface area contributed by atoms with Gasteiger partial charge < -0.3 is 20.1 Å². The van der Waals surface area contributed by atoms with Crippen LogP contribution in [-0.4, -0.2) is 54.5 Å². The molecule has 2 rings (SSSR count). The summed E-state index contributed by atoms with van der Waals surface area (Å²) in [6, 6.07) is 2.12. The molecule has 1 aliphatic heterocycles. The number of nitrogens with zero attached hydrogens (tertiary/aromatic N) is 3. The highest BCUT2D eigenvalue weighted by Crippen LogP contribution is 2.25. The van der Waals surface area contributed by atoms with E-state index in [1.165, 1.54) is 0 Å². The Labute approximate surface area is 113 Å². The Morgan fingerprint density at radius 2 is 2.37 bits per heavy atom. The van der Waals surface area contributed by atoms with E-state index in [9.17, 15) is 5.11 Å². The van der Waals surface area contributed by atoms with Crippen molar-refractivity contribution in [3.63, 3.8) is 0 Å². The number of aromatic nitrogens is 2. The highest BCUT2D eigenvalue weighted by Gasteiger charge is 2.25. The van der Waals surface area contributed by atoms with E-state index < -0.39 is 0 Å². The van der Waals surface area contributed by atoms with E-state index >= 15 is 0 Å². The van der Waals surface area contributed by atoms with Gasteiger partial charge >= 0.3 is 0 Å². The number of hydrogen-bond donors (Lipinski definition) is 2. The molecule has 1 unspecified atom stereocenters. The Hall–Kier alpha value is -1.40. The molecule has 1 atom stereocenters. The number of rotatable bonds is 6. The number of aliphatic hydroxyl groups excluding tert-OH is 1. The summed E-state index contributed by atoms with van der Waals surface area (Å²) < 4.78 is 5.01. The summed E-state index contributed by atoms with van der Waals surface area (Å²) in [5.74, 6) is 2.44. The van der Waals surface area contributed by atoms with Gasteiger partial charge in [0, 0.05) is 26.3 Å². The van der Waals surface area contributed by atoms with E-state index in [1.807, 2.05) is 13.0 Å². The summed E-state index contributed by atoms with van der Waals surface area (Å²) in [6.07, 6.45) is 2.12. The van der Waals surface area contributed by atoms with Crippen LogP contribution in [0, 0.1) is 6.92 Å². The van der Waals surface area contributed by atoms with Gasteiger partial charge in [-0.25, -0.2) is 9.97 Å². The molecule has 1 saturated heterocycles. The molecule has 0 amide bonds. The van der Waals surface area contributed by atoms with Gasteiger partial charge in [-0.1, -0.05) is 0 Å². The largest absolute Gasteiger partial charge is 0.394 e. The zero-order chi connectivity index (χ0) is 13.7. The van der Waals surface area contributed by atoms with Crippen molar-refractivity contribution in [1.82, 2.24) is 9.97 Å². The quantitative estimate of drug-likeness (QED) is 0.742. The van der Waals surface area contributed by atoms with Crippen LogP contribution >= 0.6 is 0 Å². The first kappa shape index (κ1) is 14.0. The molecule has 2 heterocycles. The minimum atomic E-state index is 0.176. The van der Waals surface area contributed by atoms with Crippen molar-refractivity contribution >= 4 is 11.6 Å². The molecular formula is C13H22N4O2. The minimum Gasteiger partial charge on any atom is -0.394 e. The molecule has 106 valence electrons. The molecule has 0 aliphatic carbocycles. The van der Waals surface area contributed by atoms with Crippen LogP contribution in [0.5, 0.6) is 0 Å². The van der Waals surface area contributed by atoms with Crippen LogP contribution in [0.15, 0.2) is 6.07 Å². The van der Waals surface area contributed by atoms with E-state index in [0.29, 0.717) is 6.61 Å². The van der Waals surface area contributed by atoms with E-state index in [-0.39, 0.29) is 12.6 Å². The lowest BCUT2D eigenvalue weighted by atomic mass is 10.2. The molecule has 0 bridgehead atoms. The monoisotopic (exact) mass is 266 g/mol. The van der Waals surface area contributed by atoms with Gasteiger partial charge in [-0.3, -0.25) is 0 Å². The molecule has 0 radical (unpaired) electrons. The van der Waals surface area contributed by atoms with Crippen LogP contribution in [0.2, 0.25) is 0 Å². The number of ether oxygens (including phenoxy) is 1. The van der Waals surface area contributed by atoms with Crippen LogP contribution in [0.1, 0.15) is 18.7 Å². The standard InChI is InChI=1S/C13H22N4O2/c1-10-15-12(14-5-7-19-2)8-13(16-10)17-6-3-4-11(17)9-18/h8,11,18H,3-7,9H2,1-2H3,(H,14,15,16). The number of methoxy groups -OCH3 is 1. The summed E-state index contributed by atoms with van der Waals surface area (Å²) in [5, 5.41) is 12.6. The van der Waals surface area contributed by atoms with Gasteiger partial charge in [0.1, 0.15) is 17.5 Å². The van der Waals surface area contributed by atoms with Crippen molar-refractivity contribution in [2.45, 2.75) is 25.8 Å². The average Bonchev–Trinajstić information content (AvgIpc) is 2.86. The first-order valence-corrected chi connectivity index (χ1v) is 6.70. The van der Waals surface area contributed by atoms with Gasteiger partial charge in [-0.05, 0) is 19.8 Å². The number of hydrogen-bond acceptors (Lipinski definition) is 6. The zero-order valence-electron chi connectivity index (χ0n) is 11.6. The van der Waals surface area contributed by atoms with Gasteiger partial charge in [-0.2, -0.15) is 0 Å². The first-order valence-electron chi connectivity index (χ1n) is 6.70. The predicted octanol–water partition coefficient (Wildman–Crippen LogP) is 0.804. The van der Waals surface area contributed by atoms with Crippen LogP contribution < -0.4 is 10.2 Å². The second kappa shape index (κ2) is 6.68. The van der Waals surface area contributed by atoms with Crippen LogP contribution in [0.3, 0.4) is 0 Å². The second-order valence-corrected chi connectivity index (χ2v) is 4.75. The average molecular weight is 266 g/mol. The Bertz CT molecular complexity index is 414. The number of aliphatic hydroxyl groups is 1. The molecule has 0 aromatic carbocycles. The van der Waals surface area contributed by atoms with Crippen molar-refractivity contribution in [2.75, 3.05) is 43.6 Å². The molecule has 1 fully saturated rings. The van der Waals surface area contributed by atoms with E-state index in [0.717, 1.165) is 43.4 Å². The Morgan fingerprint density at radius 3 is 3.11 bits per heavy atom. The van der Waals surface area contributed by atoms with Gasteiger partial charge in [0.2, 0.25) is 0 Å². The van der Waals surface area contributed by atoms with Crippen LogP contribution in [0.25, 0.3) is 0 Å². The van der Waals surface area contributed by atoms with Crippen molar-refractivity contribution < 1.29 is 9.84 Å². The van der Waals surface area contributed by atoms with Crippen molar-refractivity contribution in [1.29, 1.82) is 0 Å². The van der Waals surface area contributed by atoms with E-state index in [1.54, 1.807) is 7.11 Å². The van der Waals surface area contributed by atoms with Crippen molar-refractivity contribution in [3.05, 3.63) is 11.9 Å². The Balaban J connectivity index is 2.11. The minimum absolute atomic E-state index is 0.176. The molecule has 0 saturated carbocycles. The van der Waals surface area contributed by atoms with Gasteiger partial charge in [-0.15, -0.1) is 0 Å². The SMILES string of the molecule is COCCNc1cc(N2CCCC2CO)nc(C)n1. The third-order valence-corrected chi connectivity index (χ3v) is 3.32. The number of nitrogens with one attached hydrogen (secondary N) is 1. The fourth-order valence-electron chi connectivity index (χ4n) is 2.40. The highest BCUT2D eigenvalue weighted by atomic mass is 16.5. The lowest BCUT2D eigenvalue weighted by Crippen LogP contribution is -2.33. The maximum atomic E-state index is 9.39. The molecule has 19 heavy (non-hydrogen) atoms. The summed E-state index contributed by atoms with van der Waals surface area (Å²) in [4.78, 5) is 11.0. The Morgan fingerprint density at radius 1 is 1.53 bits per heavy atom. The lowest BCUT2D eigenvalue weighted by molar-refractivity contribution is 0.210. The van der Waals surface area contributed by atoms with Crippen molar-refractivity contribution in [2.24, 2.45) is 0 Å². The van der Waals surface area contributed by atoms with Crippen LogP contribution in [-0.2, 0) is 4.74 Å². The molecule has 0 spiro atoms. The molecule has 2 N–H and O–H groups in total. The molecule has 1 aromatic rings. The third kappa shape index (κ3) is 3.54. The fourth-order valence-corrected chi connectivity index (χ4v) is 2.40. The van der Waals surface area contributed by atoms with E-state index in [4.69, 9.17) is 4.74 Å². The third-order valence-electron chi connectivity index (χ3n) is 3.32. The smallest absolute Gasteiger partial charge is 0.134 e. The van der Waals surface area contributed by atoms with E-state index in [2.05, 4.69) is 20.2 Å². The maximum Gasteiger partial charge on any atom is 0.134 e. The topological polar surface area (TPSA) is 70.5 Å². The zero-order valence-corrected chi connectivity index (χ0v) is 11.6. The summed E-state index contributed by atoms with van der Waals surface area (Å²) in [7, 11) is 1.68. The van der Waals surface area contributed by atoms with Gasteiger partial charge in [0.25, 0.3) is 0 Å². The van der Waals surface area contributed by atoms with Crippen LogP contribution in [0.4, 0.5) is 11.6 Å². The Kier molecular flexibility index (Phi) is 4.93. The van der Waals surface area contributed by atoms with Gasteiger partial charge in [0.05, 0.1) is 19.3 Å². The normalized spacial score (nSPS) is 18.9. The lowest BCUT2D eigenvalue weighted by Gasteiger charge is -2.24. The molecule has 1 aliphatic rings. The fraction of sp³-hybridized carbons (Fsp3) is 0.692. The maximum absolute atomic E-state index is 9.39. The summed E-state index contributed by atoms with van der Waals surface area (Å²) in [5.41, 5.74) is 0. The van der Waals surface area contributed by atoms with Gasteiger partial charge in [0.15, 0.2) is 0 Å². The number of aryl methyl sites for hydroxylation is 1.